The van der Waals surface area contributed by atoms with Crippen LogP contribution in [0.3, 0.4) is 0 Å². The van der Waals surface area contributed by atoms with Gasteiger partial charge in [0.1, 0.15) is 6.10 Å². The van der Waals surface area contributed by atoms with Crippen molar-refractivity contribution in [3.63, 3.8) is 0 Å². The van der Waals surface area contributed by atoms with Crippen LogP contribution in [-0.2, 0) is 138 Å². The average molecular weight is 1310 g/mol. The lowest BCUT2D eigenvalue weighted by atomic mass is 10.1. The van der Waals surface area contributed by atoms with Crippen LogP contribution in [-0.4, -0.2) is 314 Å². The molecule has 0 radical (unpaired) electrons. The van der Waals surface area contributed by atoms with E-state index >= 15 is 0 Å². The summed E-state index contributed by atoms with van der Waals surface area (Å²) in [4.78, 5) is 105. The number of ketones is 1. The maximum atomic E-state index is 12.8. The Bertz CT molecular complexity index is 1910. The number of hydrogen-bond acceptors (Lipinski definition) is 29. The van der Waals surface area contributed by atoms with E-state index in [0.29, 0.717) is 59.3 Å². The van der Waals surface area contributed by atoms with Crippen molar-refractivity contribution in [2.24, 2.45) is 0 Å². The van der Waals surface area contributed by atoms with Gasteiger partial charge in [-0.15, -0.1) is 0 Å². The van der Waals surface area contributed by atoms with Gasteiger partial charge in [-0.25, -0.2) is 38.4 Å². The molecule has 0 saturated carbocycles. The highest BCUT2D eigenvalue weighted by Crippen LogP contribution is 2.20. The van der Waals surface area contributed by atoms with Gasteiger partial charge in [0, 0.05) is 14.5 Å². The standard InChI is InChI=1S/C23H46O7Si.C16H24O14.C16H20O12/c1-19-20(2)28-15-11-26-13-17-30-23(21(3)29-16-12-25-10-14-27-19)22(24)9-7-8-18-31(4,5)6;17-13(18)9-10(14(19)20)29-7-3-26-4-8-30-12(16(23)24)11(15(21)22)28-6-2-25-1-5-27-9;17-13-9-10(14(18)27-13)25-7-3-22-4-8-26-12-11(15(19)28-16(12)20)24-6-2-21-1-5-23-9/h19-21,23H,7-18H2,1-6H3;9-12H,1-8H2,(H,17,18)(H,19,20)(H,21,22)(H,23,24);9-12H,1-8H2/t19-,20-,21-,23?;9-,10-,11-,12-;9-,10-,11-,12?/m100/s1. The minimum absolute atomic E-state index is 0.000894. The molecule has 5 saturated heterocycles. The van der Waals surface area contributed by atoms with E-state index in [9.17, 15) is 63.6 Å². The maximum absolute atomic E-state index is 12.8. The maximum Gasteiger partial charge on any atom is 0.346 e. The largest absolute Gasteiger partial charge is 0.479 e. The van der Waals surface area contributed by atoms with Gasteiger partial charge >= 0.3 is 47.8 Å². The Kier molecular flexibility index (Phi) is 39.5. The van der Waals surface area contributed by atoms with Crippen LogP contribution in [0.2, 0.25) is 25.7 Å². The van der Waals surface area contributed by atoms with Crippen LogP contribution < -0.4 is 0 Å². The van der Waals surface area contributed by atoms with Crippen LogP contribution >= 0.6 is 0 Å². The summed E-state index contributed by atoms with van der Waals surface area (Å²) in [7, 11) is -1.07. The summed E-state index contributed by atoms with van der Waals surface area (Å²) in [6.45, 7) is 15.0. The SMILES string of the molecule is C[C@H]1OCCOCCO[C@H](C)[C@@H](C)OCCOCCOC1C(=O)CCCC[Si](C)(C)C.O=C(O)[C@H]1OCCOCCO[C@H](C(=O)O)[C@@H](C(=O)O)OCCOCCO[C@@H]1C(=O)O.O=C1OC(=O)[C@H]2OCCOCCO[C@@H]3C(=O)OC(=O)[C@H]3OCCOCCOC12. The molecule has 5 rings (SSSR count). The first-order chi connectivity index (χ1) is 42.5. The first-order valence-corrected chi connectivity index (χ1v) is 33.0. The lowest BCUT2D eigenvalue weighted by Crippen LogP contribution is -2.45. The van der Waals surface area contributed by atoms with E-state index in [1.165, 1.54) is 6.04 Å². The van der Waals surface area contributed by atoms with E-state index in [4.69, 9.17) is 85.3 Å². The normalized spacial score (nSPS) is 30.4. The number of carboxylic acid groups (broad SMARTS) is 4. The molecule has 0 spiro atoms. The summed E-state index contributed by atoms with van der Waals surface area (Å²) >= 11 is 0. The zero-order valence-electron chi connectivity index (χ0n) is 51.4. The van der Waals surface area contributed by atoms with Crippen molar-refractivity contribution in [3.8, 4) is 0 Å². The molecule has 89 heavy (non-hydrogen) atoms. The Morgan fingerprint density at radius 2 is 0.551 bits per heavy atom. The Morgan fingerprint density at radius 3 is 0.798 bits per heavy atom. The lowest BCUT2D eigenvalue weighted by Gasteiger charge is -2.24. The average Bonchev–Trinajstić information content (AvgIpc) is 4.17. The molecular formula is C55H90O33Si. The van der Waals surface area contributed by atoms with E-state index in [1.54, 1.807) is 0 Å². The molecule has 5 aliphatic rings. The van der Waals surface area contributed by atoms with Gasteiger partial charge < -0.3 is 115 Å². The molecule has 5 aliphatic heterocycles. The number of aliphatic carboxylic acids is 4. The van der Waals surface area contributed by atoms with Crippen LogP contribution in [0.25, 0.3) is 0 Å². The summed E-state index contributed by atoms with van der Waals surface area (Å²) in [6.07, 6.45) is -10.3. The first kappa shape index (κ1) is 78.6. The summed E-state index contributed by atoms with van der Waals surface area (Å²) in [5.41, 5.74) is 0. The molecule has 0 amide bonds. The van der Waals surface area contributed by atoms with Gasteiger partial charge in [-0.3, -0.25) is 4.79 Å². The number of rotatable bonds is 10. The summed E-state index contributed by atoms with van der Waals surface area (Å²) in [5, 5.41) is 36.7. The fourth-order valence-corrected chi connectivity index (χ4v) is 9.55. The van der Waals surface area contributed by atoms with Gasteiger partial charge in [0.2, 0.25) is 0 Å². The van der Waals surface area contributed by atoms with Gasteiger partial charge in [0.15, 0.2) is 54.6 Å². The zero-order valence-corrected chi connectivity index (χ0v) is 52.4. The molecule has 2 unspecified atom stereocenters. The number of fused-ring (bicyclic) bond motifs is 2. The Hall–Kier alpha value is -4.67. The van der Waals surface area contributed by atoms with Crippen LogP contribution in [0.15, 0.2) is 0 Å². The molecule has 0 aromatic carbocycles. The van der Waals surface area contributed by atoms with Gasteiger partial charge in [-0.2, -0.15) is 0 Å². The smallest absolute Gasteiger partial charge is 0.346 e. The number of ether oxygens (including phenoxy) is 20. The second-order valence-corrected chi connectivity index (χ2v) is 26.7. The number of hydrogen-bond donors (Lipinski definition) is 4. The lowest BCUT2D eigenvalue weighted by molar-refractivity contribution is -0.183. The van der Waals surface area contributed by atoms with Gasteiger partial charge in [-0.05, 0) is 27.2 Å². The molecule has 0 aromatic heterocycles. The third-order valence-electron chi connectivity index (χ3n) is 13.0. The third kappa shape index (κ3) is 32.0. The number of carbonyl (C=O) groups excluding carboxylic acids is 5. The monoisotopic (exact) mass is 1310 g/mol. The minimum Gasteiger partial charge on any atom is -0.479 e. The Balaban J connectivity index is 0.000000349. The van der Waals surface area contributed by atoms with E-state index < -0.39 is 111 Å². The van der Waals surface area contributed by atoms with E-state index in [2.05, 4.69) is 29.1 Å². The highest BCUT2D eigenvalue weighted by molar-refractivity contribution is 6.76. The molecule has 33 nitrogen and oxygen atoms in total. The molecule has 0 bridgehead atoms. The molecule has 0 aromatic rings. The third-order valence-corrected chi connectivity index (χ3v) is 14.8. The molecule has 512 valence electrons. The van der Waals surface area contributed by atoms with Crippen molar-refractivity contribution in [2.75, 3.05) is 159 Å². The van der Waals surface area contributed by atoms with Crippen molar-refractivity contribution in [2.45, 2.75) is 139 Å². The predicted molar refractivity (Wildman–Crippen MR) is 299 cm³/mol. The van der Waals surface area contributed by atoms with Crippen molar-refractivity contribution in [1.82, 2.24) is 0 Å². The topological polar surface area (TPSA) is 419 Å². The van der Waals surface area contributed by atoms with Crippen molar-refractivity contribution < 1.29 is 158 Å². The predicted octanol–water partition coefficient (Wildman–Crippen LogP) is -0.636. The molecule has 12 atom stereocenters. The zero-order chi connectivity index (χ0) is 65.6. The molecule has 34 heteroatoms. The second kappa shape index (κ2) is 44.8. The Morgan fingerprint density at radius 1 is 0.326 bits per heavy atom. The fraction of sp³-hybridized carbons (Fsp3) is 0.836. The van der Waals surface area contributed by atoms with Gasteiger partial charge in [0.05, 0.1) is 177 Å². The molecular weight excluding hydrogens is 1220 g/mol. The highest BCUT2D eigenvalue weighted by atomic mass is 28.3. The van der Waals surface area contributed by atoms with Crippen LogP contribution in [0, 0.1) is 0 Å². The number of carbonyl (C=O) groups is 9. The highest BCUT2D eigenvalue weighted by Gasteiger charge is 2.48. The molecule has 0 aliphatic carbocycles. The number of Topliss-reactive ketones (excluding diaryl/α,β-unsaturated/α-hetero) is 1. The van der Waals surface area contributed by atoms with Crippen LogP contribution in [0.5, 0.6) is 0 Å². The number of cyclic esters (lactones) is 4. The summed E-state index contributed by atoms with van der Waals surface area (Å²) in [5.74, 6) is -9.35. The number of unbranched alkanes of at least 4 members (excludes halogenated alkanes) is 1. The first-order valence-electron chi connectivity index (χ1n) is 29.3. The Labute approximate surface area is 516 Å². The molecule has 5 fully saturated rings. The van der Waals surface area contributed by atoms with Crippen molar-refractivity contribution >= 4 is 61.6 Å². The quantitative estimate of drug-likeness (QED) is 0.0915. The van der Waals surface area contributed by atoms with E-state index in [1.807, 2.05) is 20.8 Å². The van der Waals surface area contributed by atoms with Gasteiger partial charge in [-0.1, -0.05) is 32.1 Å². The van der Waals surface area contributed by atoms with Crippen molar-refractivity contribution in [1.29, 1.82) is 0 Å². The summed E-state index contributed by atoms with van der Waals surface area (Å²) in [6, 6.07) is 1.24. The number of carboxylic acids is 4. The molecule has 4 N–H and O–H groups in total. The van der Waals surface area contributed by atoms with E-state index in [0.717, 1.165) is 12.8 Å². The minimum atomic E-state index is -1.79. The van der Waals surface area contributed by atoms with Crippen LogP contribution in [0.1, 0.15) is 40.0 Å². The summed E-state index contributed by atoms with van der Waals surface area (Å²) < 4.78 is 106. The number of esters is 4. The van der Waals surface area contributed by atoms with Crippen molar-refractivity contribution in [3.05, 3.63) is 0 Å². The van der Waals surface area contributed by atoms with Crippen LogP contribution in [0.4, 0.5) is 0 Å². The fourth-order valence-electron chi connectivity index (χ4n) is 8.24. The van der Waals surface area contributed by atoms with E-state index in [-0.39, 0.29) is 130 Å². The molecule has 5 heterocycles. The van der Waals surface area contributed by atoms with Gasteiger partial charge in [0.25, 0.3) is 0 Å². The second-order valence-electron chi connectivity index (χ2n) is 21.1.